The van der Waals surface area contributed by atoms with Crippen LogP contribution in [0.15, 0.2) is 40.9 Å². The fourth-order valence-corrected chi connectivity index (χ4v) is 2.86. The molecule has 0 spiro atoms. The highest BCUT2D eigenvalue weighted by atomic mass is 79.9. The Labute approximate surface area is 131 Å². The quantitative estimate of drug-likeness (QED) is 0.790. The molecule has 2 aromatic rings. The molecule has 0 fully saturated rings. The molecule has 2 rings (SSSR count). The highest BCUT2D eigenvalue weighted by molar-refractivity contribution is 9.10. The summed E-state index contributed by atoms with van der Waals surface area (Å²) in [7, 11) is 0. The molecule has 0 radical (unpaired) electrons. The van der Waals surface area contributed by atoms with Gasteiger partial charge in [0, 0.05) is 10.5 Å². The predicted molar refractivity (Wildman–Crippen MR) is 86.0 cm³/mol. The van der Waals surface area contributed by atoms with Crippen molar-refractivity contribution in [1.82, 2.24) is 0 Å². The Morgan fingerprint density at radius 2 is 1.84 bits per heavy atom. The first kappa shape index (κ1) is 14.9. The van der Waals surface area contributed by atoms with Gasteiger partial charge in [-0.15, -0.1) is 0 Å². The van der Waals surface area contributed by atoms with Crippen LogP contribution in [-0.2, 0) is 6.42 Å². The zero-order chi connectivity index (χ0) is 14.0. The Morgan fingerprint density at radius 3 is 2.58 bits per heavy atom. The molecule has 1 unspecified atom stereocenters. The number of hydrogen-bond acceptors (Lipinski definition) is 1. The van der Waals surface area contributed by atoms with Crippen LogP contribution in [-0.4, -0.2) is 0 Å². The fourth-order valence-electron chi connectivity index (χ4n) is 2.08. The number of halogens is 3. The summed E-state index contributed by atoms with van der Waals surface area (Å²) in [5.74, 6) is 0. The van der Waals surface area contributed by atoms with E-state index in [0.29, 0.717) is 16.5 Å². The minimum atomic E-state index is -0.103. The van der Waals surface area contributed by atoms with Gasteiger partial charge in [-0.1, -0.05) is 63.4 Å². The molecule has 0 aromatic heterocycles. The molecule has 1 nitrogen and oxygen atoms in total. The van der Waals surface area contributed by atoms with Crippen molar-refractivity contribution in [2.45, 2.75) is 19.4 Å². The normalized spacial score (nSPS) is 12.5. The maximum Gasteiger partial charge on any atom is 0.0624 e. The van der Waals surface area contributed by atoms with Crippen LogP contribution in [0.4, 0.5) is 0 Å². The third-order valence-electron chi connectivity index (χ3n) is 3.18. The second-order valence-corrected chi connectivity index (χ2v) is 6.12. The molecule has 0 amide bonds. The Kier molecular flexibility index (Phi) is 4.91. The fraction of sp³-hybridized carbons (Fsp3) is 0.200. The molecule has 0 aliphatic heterocycles. The summed E-state index contributed by atoms with van der Waals surface area (Å²) < 4.78 is 1.07. The first-order valence-corrected chi connectivity index (χ1v) is 7.49. The van der Waals surface area contributed by atoms with Crippen molar-refractivity contribution >= 4 is 39.1 Å². The molecule has 1 atom stereocenters. The minimum absolute atomic E-state index is 0.103. The summed E-state index contributed by atoms with van der Waals surface area (Å²) in [6.45, 7) is 2.05. The van der Waals surface area contributed by atoms with Gasteiger partial charge in [-0.05, 0) is 42.2 Å². The van der Waals surface area contributed by atoms with Crippen LogP contribution in [0.5, 0.6) is 0 Å². The van der Waals surface area contributed by atoms with Gasteiger partial charge < -0.3 is 5.73 Å². The van der Waals surface area contributed by atoms with Gasteiger partial charge in [0.2, 0.25) is 0 Å². The smallest absolute Gasteiger partial charge is 0.0624 e. The Balaban J connectivity index is 2.28. The molecule has 0 aliphatic rings. The predicted octanol–water partition coefficient (Wildman–Crippen LogP) is 5.31. The molecule has 0 bridgehead atoms. The third kappa shape index (κ3) is 3.32. The third-order valence-corrected chi connectivity index (χ3v) is 4.90. The maximum absolute atomic E-state index is 6.29. The van der Waals surface area contributed by atoms with E-state index in [0.717, 1.165) is 21.2 Å². The Morgan fingerprint density at radius 1 is 1.16 bits per heavy atom. The van der Waals surface area contributed by atoms with E-state index >= 15 is 0 Å². The van der Waals surface area contributed by atoms with Crippen LogP contribution < -0.4 is 5.73 Å². The van der Waals surface area contributed by atoms with Gasteiger partial charge in [-0.2, -0.15) is 0 Å². The largest absolute Gasteiger partial charge is 0.324 e. The van der Waals surface area contributed by atoms with Crippen LogP contribution in [0.25, 0.3) is 0 Å². The van der Waals surface area contributed by atoms with E-state index < -0.39 is 0 Å². The van der Waals surface area contributed by atoms with Crippen molar-refractivity contribution in [3.05, 3.63) is 67.6 Å². The lowest BCUT2D eigenvalue weighted by Crippen LogP contribution is -2.15. The average molecular weight is 359 g/mol. The minimum Gasteiger partial charge on any atom is -0.324 e. The molecule has 0 saturated heterocycles. The van der Waals surface area contributed by atoms with E-state index in [2.05, 4.69) is 22.9 Å². The van der Waals surface area contributed by atoms with Crippen molar-refractivity contribution in [3.63, 3.8) is 0 Å². The zero-order valence-corrected chi connectivity index (χ0v) is 13.6. The Hall–Kier alpha value is -0.540. The van der Waals surface area contributed by atoms with Crippen molar-refractivity contribution in [3.8, 4) is 0 Å². The molecule has 2 N–H and O–H groups in total. The topological polar surface area (TPSA) is 26.0 Å². The van der Waals surface area contributed by atoms with Crippen LogP contribution in [0, 0.1) is 6.92 Å². The summed E-state index contributed by atoms with van der Waals surface area (Å²) in [6, 6.07) is 11.6. The molecule has 0 heterocycles. The van der Waals surface area contributed by atoms with Crippen LogP contribution in [0.2, 0.25) is 10.0 Å². The lowest BCUT2D eigenvalue weighted by molar-refractivity contribution is 0.716. The molecular weight excluding hydrogens is 345 g/mol. The van der Waals surface area contributed by atoms with E-state index in [1.54, 1.807) is 6.07 Å². The van der Waals surface area contributed by atoms with Gasteiger partial charge >= 0.3 is 0 Å². The maximum atomic E-state index is 6.29. The number of benzene rings is 2. The number of nitrogens with two attached hydrogens (primary N) is 1. The summed E-state index contributed by atoms with van der Waals surface area (Å²) >= 11 is 15.7. The van der Waals surface area contributed by atoms with E-state index in [1.807, 2.05) is 30.3 Å². The van der Waals surface area contributed by atoms with Crippen LogP contribution in [0.3, 0.4) is 0 Å². The van der Waals surface area contributed by atoms with Gasteiger partial charge in [0.05, 0.1) is 10.0 Å². The molecule has 100 valence electrons. The van der Waals surface area contributed by atoms with Crippen LogP contribution in [0.1, 0.15) is 22.7 Å². The van der Waals surface area contributed by atoms with Crippen molar-refractivity contribution in [1.29, 1.82) is 0 Å². The summed E-state index contributed by atoms with van der Waals surface area (Å²) in [4.78, 5) is 0. The lowest BCUT2D eigenvalue weighted by Gasteiger charge is -2.17. The summed E-state index contributed by atoms with van der Waals surface area (Å²) in [6.07, 6.45) is 0.663. The molecule has 19 heavy (non-hydrogen) atoms. The van der Waals surface area contributed by atoms with Crippen molar-refractivity contribution in [2.24, 2.45) is 5.73 Å². The second-order valence-electron chi connectivity index (χ2n) is 4.48. The van der Waals surface area contributed by atoms with Gasteiger partial charge in [-0.3, -0.25) is 0 Å². The van der Waals surface area contributed by atoms with Gasteiger partial charge in [-0.25, -0.2) is 0 Å². The Bertz CT molecular complexity index is 599. The van der Waals surface area contributed by atoms with E-state index in [9.17, 15) is 0 Å². The first-order valence-electron chi connectivity index (χ1n) is 5.94. The van der Waals surface area contributed by atoms with Crippen LogP contribution >= 0.6 is 39.1 Å². The second kappa shape index (κ2) is 6.27. The summed E-state index contributed by atoms with van der Waals surface area (Å²) in [5.41, 5.74) is 9.54. The average Bonchev–Trinajstić information content (AvgIpc) is 2.38. The number of rotatable bonds is 3. The lowest BCUT2D eigenvalue weighted by atomic mass is 9.96. The molecular formula is C15H14BrCl2N. The van der Waals surface area contributed by atoms with Gasteiger partial charge in [0.15, 0.2) is 0 Å². The molecule has 0 saturated carbocycles. The SMILES string of the molecule is Cc1c(Br)cccc1C(N)Cc1cccc(Cl)c1Cl. The molecule has 4 heteroatoms. The zero-order valence-electron chi connectivity index (χ0n) is 10.5. The highest BCUT2D eigenvalue weighted by Gasteiger charge is 2.14. The first-order chi connectivity index (χ1) is 9.00. The standard InChI is InChI=1S/C15H14BrCl2N/c1-9-11(5-3-6-12(9)16)14(19)8-10-4-2-7-13(17)15(10)18/h2-7,14H,8,19H2,1H3. The van der Waals surface area contributed by atoms with E-state index in [-0.39, 0.29) is 6.04 Å². The number of hydrogen-bond donors (Lipinski definition) is 1. The highest BCUT2D eigenvalue weighted by Crippen LogP contribution is 2.30. The summed E-state index contributed by atoms with van der Waals surface area (Å²) in [5, 5.41) is 1.16. The van der Waals surface area contributed by atoms with Gasteiger partial charge in [0.25, 0.3) is 0 Å². The van der Waals surface area contributed by atoms with Crippen molar-refractivity contribution < 1.29 is 0 Å². The van der Waals surface area contributed by atoms with Gasteiger partial charge in [0.1, 0.15) is 0 Å². The van der Waals surface area contributed by atoms with E-state index in [1.165, 1.54) is 0 Å². The van der Waals surface area contributed by atoms with E-state index in [4.69, 9.17) is 28.9 Å². The van der Waals surface area contributed by atoms with Crippen molar-refractivity contribution in [2.75, 3.05) is 0 Å². The molecule has 2 aromatic carbocycles. The molecule has 0 aliphatic carbocycles. The monoisotopic (exact) mass is 357 g/mol.